The van der Waals surface area contributed by atoms with Crippen LogP contribution in [0.2, 0.25) is 10.0 Å². The van der Waals surface area contributed by atoms with E-state index in [4.69, 9.17) is 23.2 Å². The zero-order chi connectivity index (χ0) is 23.8. The summed E-state index contributed by atoms with van der Waals surface area (Å²) in [4.78, 5) is 19.3. The molecule has 2 heterocycles. The largest absolute Gasteiger partial charge is 0.381 e. The molecule has 2 fully saturated rings. The van der Waals surface area contributed by atoms with E-state index >= 15 is 0 Å². The highest BCUT2D eigenvalue weighted by molar-refractivity contribution is 6.35. The predicted molar refractivity (Wildman–Crippen MR) is 142 cm³/mol. The predicted octanol–water partition coefficient (Wildman–Crippen LogP) is 5.47. The second-order valence-electron chi connectivity index (χ2n) is 8.76. The fourth-order valence-corrected chi connectivity index (χ4v) is 4.85. The average molecular weight is 499 g/mol. The highest BCUT2D eigenvalue weighted by Crippen LogP contribution is 2.22. The van der Waals surface area contributed by atoms with Crippen molar-refractivity contribution >= 4 is 40.5 Å². The van der Waals surface area contributed by atoms with E-state index in [9.17, 15) is 4.79 Å². The van der Waals surface area contributed by atoms with E-state index in [2.05, 4.69) is 45.4 Å². The molecule has 2 aliphatic heterocycles. The van der Waals surface area contributed by atoms with Crippen LogP contribution in [0, 0.1) is 0 Å². The SMILES string of the molecule is O=C(CN1CCCC1)N1CCN(c2cccccc(NCc3ccc(Cl)cc3Cl)ccc2)CC1. The minimum atomic E-state index is 0.265. The van der Waals surface area contributed by atoms with Crippen molar-refractivity contribution in [3.63, 3.8) is 0 Å². The smallest absolute Gasteiger partial charge is 0.236 e. The first kappa shape index (κ1) is 24.6. The molecule has 1 N–H and O–H groups in total. The molecule has 0 bridgehead atoms. The Hall–Kier alpha value is -2.47. The number of likely N-dealkylation sites (tertiary alicyclic amines) is 1. The molecular weight excluding hydrogens is 467 g/mol. The maximum Gasteiger partial charge on any atom is 0.236 e. The molecular formula is C27H32Cl2N4O. The number of carbonyl (C=O) groups is 1. The molecule has 0 aliphatic carbocycles. The van der Waals surface area contributed by atoms with Gasteiger partial charge in [0.2, 0.25) is 5.91 Å². The summed E-state index contributed by atoms with van der Waals surface area (Å²) in [7, 11) is 0. The molecule has 180 valence electrons. The van der Waals surface area contributed by atoms with Crippen molar-refractivity contribution in [2.24, 2.45) is 0 Å². The Morgan fingerprint density at radius 1 is 0.824 bits per heavy atom. The third kappa shape index (κ3) is 7.02. The fraction of sp³-hybridized carbons (Fsp3) is 0.370. The lowest BCUT2D eigenvalue weighted by Crippen LogP contribution is -2.51. The number of nitrogens with zero attached hydrogens (tertiary/aromatic N) is 3. The van der Waals surface area contributed by atoms with Gasteiger partial charge in [0.25, 0.3) is 0 Å². The first-order valence-corrected chi connectivity index (χ1v) is 12.7. The molecule has 0 aromatic heterocycles. The van der Waals surface area contributed by atoms with E-state index in [0.717, 1.165) is 56.2 Å². The average Bonchev–Trinajstić information content (AvgIpc) is 3.35. The van der Waals surface area contributed by atoms with Crippen LogP contribution in [0.3, 0.4) is 0 Å². The van der Waals surface area contributed by atoms with Gasteiger partial charge in [-0.15, -0.1) is 0 Å². The van der Waals surface area contributed by atoms with Crippen LogP contribution in [0.5, 0.6) is 0 Å². The molecule has 0 radical (unpaired) electrons. The topological polar surface area (TPSA) is 38.8 Å². The number of nitrogens with one attached hydrogen (secondary N) is 1. The van der Waals surface area contributed by atoms with E-state index < -0.39 is 0 Å². The highest BCUT2D eigenvalue weighted by Gasteiger charge is 2.23. The van der Waals surface area contributed by atoms with Gasteiger partial charge in [0, 0.05) is 54.1 Å². The Morgan fingerprint density at radius 2 is 1.53 bits per heavy atom. The van der Waals surface area contributed by atoms with Crippen LogP contribution in [-0.2, 0) is 11.3 Å². The molecule has 0 saturated carbocycles. The number of carbonyl (C=O) groups excluding carboxylic acids is 1. The normalized spacial score (nSPS) is 16.3. The Labute approximate surface area is 212 Å². The van der Waals surface area contributed by atoms with E-state index in [1.807, 2.05) is 35.2 Å². The minimum absolute atomic E-state index is 0.265. The molecule has 0 spiro atoms. The Bertz CT molecular complexity index is 1030. The Morgan fingerprint density at radius 3 is 2.29 bits per heavy atom. The molecule has 0 unspecified atom stereocenters. The summed E-state index contributed by atoms with van der Waals surface area (Å²) in [6, 6.07) is 22.1. The van der Waals surface area contributed by atoms with E-state index in [1.54, 1.807) is 6.07 Å². The third-order valence-electron chi connectivity index (χ3n) is 6.36. The summed E-state index contributed by atoms with van der Waals surface area (Å²) in [6.45, 7) is 6.52. The van der Waals surface area contributed by atoms with Gasteiger partial charge in [-0.05, 0) is 67.9 Å². The second kappa shape index (κ2) is 12.3. The first-order valence-electron chi connectivity index (χ1n) is 11.9. The molecule has 0 atom stereocenters. The van der Waals surface area contributed by atoms with Gasteiger partial charge in [-0.25, -0.2) is 0 Å². The van der Waals surface area contributed by atoms with Crippen molar-refractivity contribution in [3.8, 4) is 0 Å². The molecule has 7 heteroatoms. The van der Waals surface area contributed by atoms with Crippen molar-refractivity contribution in [2.45, 2.75) is 19.4 Å². The van der Waals surface area contributed by atoms with Crippen molar-refractivity contribution in [1.29, 1.82) is 0 Å². The van der Waals surface area contributed by atoms with Crippen LogP contribution in [-0.4, -0.2) is 61.5 Å². The molecule has 4 rings (SSSR count). The number of anilines is 2. The Balaban J connectivity index is 1.37. The zero-order valence-corrected chi connectivity index (χ0v) is 20.9. The van der Waals surface area contributed by atoms with Gasteiger partial charge in [-0.3, -0.25) is 9.69 Å². The number of hydrogen-bond donors (Lipinski definition) is 1. The van der Waals surface area contributed by atoms with Crippen molar-refractivity contribution in [1.82, 2.24) is 9.80 Å². The van der Waals surface area contributed by atoms with E-state index in [-0.39, 0.29) is 5.91 Å². The van der Waals surface area contributed by atoms with Gasteiger partial charge < -0.3 is 15.1 Å². The molecule has 5 nitrogen and oxygen atoms in total. The third-order valence-corrected chi connectivity index (χ3v) is 6.95. The van der Waals surface area contributed by atoms with Crippen molar-refractivity contribution in [2.75, 3.05) is 56.0 Å². The van der Waals surface area contributed by atoms with Gasteiger partial charge >= 0.3 is 0 Å². The Kier molecular flexibility index (Phi) is 8.91. The molecule has 2 aromatic carbocycles. The number of benzene rings is 1. The van der Waals surface area contributed by atoms with Crippen LogP contribution in [0.1, 0.15) is 18.4 Å². The van der Waals surface area contributed by atoms with Gasteiger partial charge in [0.15, 0.2) is 0 Å². The summed E-state index contributed by atoms with van der Waals surface area (Å²) in [5, 5.41) is 4.73. The fourth-order valence-electron chi connectivity index (χ4n) is 4.38. The summed E-state index contributed by atoms with van der Waals surface area (Å²) in [5.41, 5.74) is 3.13. The lowest BCUT2D eigenvalue weighted by Gasteiger charge is -2.36. The summed E-state index contributed by atoms with van der Waals surface area (Å²) in [5.74, 6) is 0.265. The minimum Gasteiger partial charge on any atom is -0.381 e. The van der Waals surface area contributed by atoms with Crippen LogP contribution in [0.15, 0.2) is 66.7 Å². The number of halogens is 2. The molecule has 2 aromatic rings. The lowest BCUT2D eigenvalue weighted by molar-refractivity contribution is -0.132. The molecule has 2 saturated heterocycles. The van der Waals surface area contributed by atoms with Crippen LogP contribution in [0.4, 0.5) is 11.4 Å². The lowest BCUT2D eigenvalue weighted by atomic mass is 10.2. The second-order valence-corrected chi connectivity index (χ2v) is 9.60. The first-order chi connectivity index (χ1) is 16.6. The van der Waals surface area contributed by atoms with Crippen molar-refractivity contribution < 1.29 is 4.79 Å². The number of hydrogen-bond acceptors (Lipinski definition) is 4. The van der Waals surface area contributed by atoms with Crippen LogP contribution in [0.25, 0.3) is 0 Å². The molecule has 2 aliphatic rings. The summed E-state index contributed by atoms with van der Waals surface area (Å²) in [6.07, 6.45) is 2.43. The van der Waals surface area contributed by atoms with Crippen molar-refractivity contribution in [3.05, 3.63) is 82.3 Å². The van der Waals surface area contributed by atoms with Crippen LogP contribution < -0.4 is 10.2 Å². The maximum atomic E-state index is 12.6. The van der Waals surface area contributed by atoms with Gasteiger partial charge in [-0.1, -0.05) is 53.5 Å². The summed E-state index contributed by atoms with van der Waals surface area (Å²) < 4.78 is 0. The standard InChI is InChI=1S/C27H32Cl2N4O/c28-23-12-11-22(26(29)19-23)20-30-24-7-2-1-3-9-25(10-6-8-24)32-15-17-33(18-16-32)27(34)21-31-13-4-5-14-31/h1-3,6-12,19,30H,4-5,13-18,20-21H2. The zero-order valence-electron chi connectivity index (χ0n) is 19.4. The highest BCUT2D eigenvalue weighted by atomic mass is 35.5. The molecule has 34 heavy (non-hydrogen) atoms. The quantitative estimate of drug-likeness (QED) is 0.572. The van der Waals surface area contributed by atoms with Crippen LogP contribution >= 0.6 is 23.2 Å². The molecule has 1 amide bonds. The number of amides is 1. The van der Waals surface area contributed by atoms with Gasteiger partial charge in [0.1, 0.15) is 0 Å². The van der Waals surface area contributed by atoms with E-state index in [0.29, 0.717) is 23.1 Å². The summed E-state index contributed by atoms with van der Waals surface area (Å²) >= 11 is 12.3. The van der Waals surface area contributed by atoms with Gasteiger partial charge in [0.05, 0.1) is 6.54 Å². The maximum absolute atomic E-state index is 12.6. The van der Waals surface area contributed by atoms with E-state index in [1.165, 1.54) is 12.8 Å². The number of piperazine rings is 1. The van der Waals surface area contributed by atoms with Gasteiger partial charge in [-0.2, -0.15) is 0 Å². The monoisotopic (exact) mass is 498 g/mol. The number of rotatable bonds is 6.